The van der Waals surface area contributed by atoms with Gasteiger partial charge < -0.3 is 15.3 Å². The highest BCUT2D eigenvalue weighted by Crippen LogP contribution is 2.19. The van der Waals surface area contributed by atoms with Gasteiger partial charge in [-0.15, -0.1) is 0 Å². The average molecular weight is 256 g/mol. The Bertz CT molecular complexity index is 271. The quantitative estimate of drug-likeness (QED) is 0.653. The molecule has 1 heterocycles. The predicted molar refractivity (Wildman–Crippen MR) is 73.8 cm³/mol. The van der Waals surface area contributed by atoms with Crippen LogP contribution in [0.4, 0.5) is 0 Å². The van der Waals surface area contributed by atoms with Gasteiger partial charge in [-0.25, -0.2) is 0 Å². The minimum absolute atomic E-state index is 0.700. The molecule has 2 atom stereocenters. The molecule has 0 radical (unpaired) electrons. The molecular weight excluding hydrogens is 228 g/mol. The zero-order valence-electron chi connectivity index (χ0n) is 12.0. The van der Waals surface area contributed by atoms with Gasteiger partial charge in [0.2, 0.25) is 0 Å². The number of hydrogen-bond donors (Lipinski definition) is 2. The van der Waals surface area contributed by atoms with Crippen LogP contribution in [0.25, 0.3) is 0 Å². The van der Waals surface area contributed by atoms with Crippen molar-refractivity contribution in [2.75, 3.05) is 19.6 Å². The number of hydrogen-bond acceptors (Lipinski definition) is 3. The SMILES string of the molecule is CCNC(C)(CCCCN1CCCC1C)C(=O)O. The number of likely N-dealkylation sites (N-methyl/N-ethyl adjacent to an activating group) is 1. The van der Waals surface area contributed by atoms with E-state index in [1.54, 1.807) is 6.92 Å². The Morgan fingerprint density at radius 2 is 2.22 bits per heavy atom. The van der Waals surface area contributed by atoms with E-state index in [0.29, 0.717) is 19.0 Å². The Hall–Kier alpha value is -0.610. The second-order valence-electron chi connectivity index (χ2n) is 5.65. The zero-order valence-corrected chi connectivity index (χ0v) is 12.0. The molecule has 0 aliphatic carbocycles. The van der Waals surface area contributed by atoms with E-state index < -0.39 is 11.5 Å². The van der Waals surface area contributed by atoms with Gasteiger partial charge in [-0.3, -0.25) is 4.79 Å². The molecule has 106 valence electrons. The molecule has 0 amide bonds. The molecule has 4 nitrogen and oxygen atoms in total. The van der Waals surface area contributed by atoms with E-state index >= 15 is 0 Å². The number of carboxylic acids is 1. The fraction of sp³-hybridized carbons (Fsp3) is 0.929. The van der Waals surface area contributed by atoms with E-state index in [2.05, 4.69) is 17.1 Å². The number of nitrogens with one attached hydrogen (secondary N) is 1. The Morgan fingerprint density at radius 3 is 2.72 bits per heavy atom. The molecule has 0 spiro atoms. The van der Waals surface area contributed by atoms with Crippen LogP contribution in [0.5, 0.6) is 0 Å². The van der Waals surface area contributed by atoms with Crippen molar-refractivity contribution >= 4 is 5.97 Å². The van der Waals surface area contributed by atoms with Gasteiger partial charge in [0.1, 0.15) is 5.54 Å². The van der Waals surface area contributed by atoms with Crippen molar-refractivity contribution in [3.63, 3.8) is 0 Å². The highest BCUT2D eigenvalue weighted by molar-refractivity contribution is 5.78. The van der Waals surface area contributed by atoms with Crippen LogP contribution in [0, 0.1) is 0 Å². The van der Waals surface area contributed by atoms with E-state index in [4.69, 9.17) is 0 Å². The summed E-state index contributed by atoms with van der Waals surface area (Å²) in [4.78, 5) is 13.8. The van der Waals surface area contributed by atoms with Crippen LogP contribution in [-0.4, -0.2) is 47.2 Å². The van der Waals surface area contributed by atoms with Gasteiger partial charge in [-0.05, 0) is 65.6 Å². The van der Waals surface area contributed by atoms with Crippen molar-refractivity contribution in [3.8, 4) is 0 Å². The maximum Gasteiger partial charge on any atom is 0.323 e. The lowest BCUT2D eigenvalue weighted by Crippen LogP contribution is -2.49. The van der Waals surface area contributed by atoms with E-state index in [1.165, 1.54) is 19.4 Å². The van der Waals surface area contributed by atoms with Crippen LogP contribution in [0.15, 0.2) is 0 Å². The van der Waals surface area contributed by atoms with Gasteiger partial charge in [0.05, 0.1) is 0 Å². The van der Waals surface area contributed by atoms with Gasteiger partial charge in [0.15, 0.2) is 0 Å². The highest BCUT2D eigenvalue weighted by Gasteiger charge is 2.31. The van der Waals surface area contributed by atoms with Gasteiger partial charge in [0, 0.05) is 6.04 Å². The number of carbonyl (C=O) groups is 1. The summed E-state index contributed by atoms with van der Waals surface area (Å²) >= 11 is 0. The Morgan fingerprint density at radius 1 is 1.50 bits per heavy atom. The maximum atomic E-state index is 11.2. The number of rotatable bonds is 8. The Kier molecular flexibility index (Phi) is 6.09. The molecule has 1 rings (SSSR count). The summed E-state index contributed by atoms with van der Waals surface area (Å²) in [5.41, 5.74) is -0.759. The summed E-state index contributed by atoms with van der Waals surface area (Å²) in [6, 6.07) is 0.713. The summed E-state index contributed by atoms with van der Waals surface area (Å²) in [6.07, 6.45) is 5.39. The Labute approximate surface area is 111 Å². The van der Waals surface area contributed by atoms with Crippen LogP contribution in [0.3, 0.4) is 0 Å². The molecule has 0 bridgehead atoms. The standard InChI is InChI=1S/C14H28N2O2/c1-4-15-14(3,13(17)18)9-5-6-10-16-11-7-8-12(16)2/h12,15H,4-11H2,1-3H3,(H,17,18). The molecule has 1 fully saturated rings. The monoisotopic (exact) mass is 256 g/mol. The minimum Gasteiger partial charge on any atom is -0.480 e. The van der Waals surface area contributed by atoms with Crippen LogP contribution in [0.1, 0.15) is 52.9 Å². The van der Waals surface area contributed by atoms with Crippen molar-refractivity contribution in [2.24, 2.45) is 0 Å². The molecule has 1 aliphatic heterocycles. The molecule has 2 unspecified atom stereocenters. The van der Waals surface area contributed by atoms with Crippen molar-refractivity contribution in [1.82, 2.24) is 10.2 Å². The predicted octanol–water partition coefficient (Wildman–Crippen LogP) is 2.09. The third-order valence-electron chi connectivity index (χ3n) is 4.10. The highest BCUT2D eigenvalue weighted by atomic mass is 16.4. The van der Waals surface area contributed by atoms with Crippen LogP contribution in [-0.2, 0) is 4.79 Å². The molecular formula is C14H28N2O2. The number of likely N-dealkylation sites (tertiary alicyclic amines) is 1. The zero-order chi connectivity index (χ0) is 13.6. The smallest absolute Gasteiger partial charge is 0.323 e. The van der Waals surface area contributed by atoms with Crippen molar-refractivity contribution in [3.05, 3.63) is 0 Å². The molecule has 1 aliphatic rings. The van der Waals surface area contributed by atoms with Crippen LogP contribution >= 0.6 is 0 Å². The van der Waals surface area contributed by atoms with E-state index in [-0.39, 0.29) is 0 Å². The number of unbranched alkanes of at least 4 members (excludes halogenated alkanes) is 1. The van der Waals surface area contributed by atoms with Crippen molar-refractivity contribution < 1.29 is 9.90 Å². The number of aliphatic carboxylic acids is 1. The topological polar surface area (TPSA) is 52.6 Å². The first-order valence-electron chi connectivity index (χ1n) is 7.22. The number of nitrogens with zero attached hydrogens (tertiary/aromatic N) is 1. The minimum atomic E-state index is -0.759. The van der Waals surface area contributed by atoms with E-state index in [0.717, 1.165) is 19.4 Å². The third-order valence-corrected chi connectivity index (χ3v) is 4.10. The largest absolute Gasteiger partial charge is 0.480 e. The fourth-order valence-corrected chi connectivity index (χ4v) is 2.78. The average Bonchev–Trinajstić information content (AvgIpc) is 2.71. The second-order valence-corrected chi connectivity index (χ2v) is 5.65. The molecule has 2 N–H and O–H groups in total. The van der Waals surface area contributed by atoms with Crippen molar-refractivity contribution in [1.29, 1.82) is 0 Å². The summed E-state index contributed by atoms with van der Waals surface area (Å²) in [5.74, 6) is -0.737. The molecule has 18 heavy (non-hydrogen) atoms. The first-order valence-corrected chi connectivity index (χ1v) is 7.22. The van der Waals surface area contributed by atoms with Crippen LogP contribution < -0.4 is 5.32 Å². The van der Waals surface area contributed by atoms with E-state index in [9.17, 15) is 9.90 Å². The maximum absolute atomic E-state index is 11.2. The molecule has 1 saturated heterocycles. The summed E-state index contributed by atoms with van der Waals surface area (Å²) in [6.45, 7) is 9.05. The lowest BCUT2D eigenvalue weighted by molar-refractivity contribution is -0.144. The van der Waals surface area contributed by atoms with Gasteiger partial charge in [-0.1, -0.05) is 6.92 Å². The Balaban J connectivity index is 2.24. The molecule has 4 heteroatoms. The number of carboxylic acid groups (broad SMARTS) is 1. The normalized spacial score (nSPS) is 24.1. The third kappa shape index (κ3) is 4.25. The van der Waals surface area contributed by atoms with Gasteiger partial charge in [0.25, 0.3) is 0 Å². The first-order chi connectivity index (χ1) is 8.49. The lowest BCUT2D eigenvalue weighted by Gasteiger charge is -2.26. The fourth-order valence-electron chi connectivity index (χ4n) is 2.78. The molecule has 0 saturated carbocycles. The molecule has 0 aromatic heterocycles. The lowest BCUT2D eigenvalue weighted by atomic mass is 9.95. The van der Waals surface area contributed by atoms with E-state index in [1.807, 2.05) is 6.92 Å². The van der Waals surface area contributed by atoms with Crippen molar-refractivity contribution in [2.45, 2.75) is 64.5 Å². The first kappa shape index (κ1) is 15.4. The van der Waals surface area contributed by atoms with Gasteiger partial charge >= 0.3 is 5.97 Å². The molecule has 0 aromatic carbocycles. The van der Waals surface area contributed by atoms with Crippen LogP contribution in [0.2, 0.25) is 0 Å². The summed E-state index contributed by atoms with van der Waals surface area (Å²) in [7, 11) is 0. The van der Waals surface area contributed by atoms with Gasteiger partial charge in [-0.2, -0.15) is 0 Å². The molecule has 0 aromatic rings. The summed E-state index contributed by atoms with van der Waals surface area (Å²) in [5, 5.41) is 12.3. The second kappa shape index (κ2) is 7.10. The summed E-state index contributed by atoms with van der Waals surface area (Å²) < 4.78 is 0.